The Kier molecular flexibility index (Phi) is 15.9. The summed E-state index contributed by atoms with van der Waals surface area (Å²) in [4.78, 5) is 13.3. The maximum Gasteiger partial charge on any atom is 0.338 e. The molecular formula is C19H33ClN2O5. The SMILES string of the molecule is CC[NH+](CC)CCOCCOCCOCCOC(=O)c1ccc(N)cc1.[Cl-]. The number of anilines is 1. The molecule has 8 heteroatoms. The minimum absolute atomic E-state index is 0. The highest BCUT2D eigenvalue weighted by atomic mass is 35.5. The van der Waals surface area contributed by atoms with Crippen LogP contribution in [0.5, 0.6) is 0 Å². The number of nitrogens with two attached hydrogens (primary N) is 1. The Bertz CT molecular complexity index is 483. The predicted octanol–water partition coefficient (Wildman–Crippen LogP) is -2.60. The molecule has 27 heavy (non-hydrogen) atoms. The van der Waals surface area contributed by atoms with Crippen molar-refractivity contribution >= 4 is 11.7 Å². The van der Waals surface area contributed by atoms with Crippen molar-refractivity contribution in [3.63, 3.8) is 0 Å². The molecule has 0 fully saturated rings. The van der Waals surface area contributed by atoms with E-state index in [2.05, 4.69) is 13.8 Å². The summed E-state index contributed by atoms with van der Waals surface area (Å²) in [6.07, 6.45) is 0. The van der Waals surface area contributed by atoms with Crippen LogP contribution >= 0.6 is 0 Å². The summed E-state index contributed by atoms with van der Waals surface area (Å²) in [5.74, 6) is -0.381. The number of rotatable bonds is 15. The highest BCUT2D eigenvalue weighted by molar-refractivity contribution is 5.89. The van der Waals surface area contributed by atoms with Crippen molar-refractivity contribution in [1.82, 2.24) is 0 Å². The van der Waals surface area contributed by atoms with Gasteiger partial charge in [0.2, 0.25) is 0 Å². The third-order valence-electron chi connectivity index (χ3n) is 3.95. The molecule has 156 valence electrons. The lowest BCUT2D eigenvalue weighted by atomic mass is 10.2. The van der Waals surface area contributed by atoms with Crippen molar-refractivity contribution in [2.75, 3.05) is 71.6 Å². The Balaban J connectivity index is 0.00000676. The first-order valence-corrected chi connectivity index (χ1v) is 9.26. The van der Waals surface area contributed by atoms with Gasteiger partial charge in [-0.15, -0.1) is 0 Å². The lowest BCUT2D eigenvalue weighted by Crippen LogP contribution is -3.11. The van der Waals surface area contributed by atoms with E-state index < -0.39 is 0 Å². The van der Waals surface area contributed by atoms with E-state index >= 15 is 0 Å². The lowest BCUT2D eigenvalue weighted by molar-refractivity contribution is -0.896. The summed E-state index contributed by atoms with van der Waals surface area (Å²) < 4.78 is 21.4. The summed E-state index contributed by atoms with van der Waals surface area (Å²) in [6, 6.07) is 6.60. The fourth-order valence-corrected chi connectivity index (χ4v) is 2.26. The molecule has 1 aromatic carbocycles. The normalized spacial score (nSPS) is 10.6. The van der Waals surface area contributed by atoms with Gasteiger partial charge in [-0.25, -0.2) is 4.79 Å². The maximum absolute atomic E-state index is 11.7. The molecule has 3 N–H and O–H groups in total. The molecular weight excluding hydrogens is 372 g/mol. The summed E-state index contributed by atoms with van der Waals surface area (Å²) >= 11 is 0. The average molecular weight is 405 g/mol. The first-order valence-electron chi connectivity index (χ1n) is 9.26. The van der Waals surface area contributed by atoms with Crippen LogP contribution in [0.4, 0.5) is 5.69 Å². The van der Waals surface area contributed by atoms with Crippen LogP contribution in [0.15, 0.2) is 24.3 Å². The van der Waals surface area contributed by atoms with Gasteiger partial charge in [-0.05, 0) is 38.1 Å². The van der Waals surface area contributed by atoms with Gasteiger partial charge < -0.3 is 42.0 Å². The Labute approximate surface area is 168 Å². The summed E-state index contributed by atoms with van der Waals surface area (Å²) in [6.45, 7) is 11.1. The number of esters is 1. The molecule has 0 saturated heterocycles. The van der Waals surface area contributed by atoms with Crippen LogP contribution in [0.1, 0.15) is 24.2 Å². The Morgan fingerprint density at radius 1 is 0.852 bits per heavy atom. The van der Waals surface area contributed by atoms with Gasteiger partial charge in [-0.1, -0.05) is 0 Å². The van der Waals surface area contributed by atoms with Crippen molar-refractivity contribution < 1.29 is 41.0 Å². The van der Waals surface area contributed by atoms with Gasteiger partial charge in [0.05, 0.1) is 58.3 Å². The van der Waals surface area contributed by atoms with Gasteiger partial charge in [-0.3, -0.25) is 0 Å². The molecule has 0 aromatic heterocycles. The van der Waals surface area contributed by atoms with Gasteiger partial charge in [0, 0.05) is 5.69 Å². The number of ether oxygens (including phenoxy) is 4. The molecule has 0 atom stereocenters. The van der Waals surface area contributed by atoms with Crippen molar-refractivity contribution in [3.8, 4) is 0 Å². The number of nitrogens with one attached hydrogen (secondary N) is 1. The second-order valence-corrected chi connectivity index (χ2v) is 5.80. The van der Waals surface area contributed by atoms with Crippen LogP contribution in [0.25, 0.3) is 0 Å². The quantitative estimate of drug-likeness (QED) is 0.189. The van der Waals surface area contributed by atoms with Gasteiger partial charge in [0.1, 0.15) is 13.2 Å². The van der Waals surface area contributed by atoms with E-state index in [9.17, 15) is 4.79 Å². The van der Waals surface area contributed by atoms with Gasteiger partial charge >= 0.3 is 5.97 Å². The number of quaternary nitrogens is 1. The average Bonchev–Trinajstić information content (AvgIpc) is 2.66. The van der Waals surface area contributed by atoms with Crippen LogP contribution < -0.4 is 23.0 Å². The van der Waals surface area contributed by atoms with Crippen molar-refractivity contribution in [2.24, 2.45) is 0 Å². The Morgan fingerprint density at radius 2 is 1.33 bits per heavy atom. The Morgan fingerprint density at radius 3 is 1.85 bits per heavy atom. The second kappa shape index (κ2) is 16.8. The highest BCUT2D eigenvalue weighted by Crippen LogP contribution is 2.06. The van der Waals surface area contributed by atoms with Gasteiger partial charge in [-0.2, -0.15) is 0 Å². The zero-order valence-electron chi connectivity index (χ0n) is 16.4. The van der Waals surface area contributed by atoms with E-state index in [0.717, 1.165) is 26.2 Å². The largest absolute Gasteiger partial charge is 1.00 e. The molecule has 0 unspecified atom stereocenters. The second-order valence-electron chi connectivity index (χ2n) is 5.80. The topological polar surface area (TPSA) is 84.5 Å². The zero-order chi connectivity index (χ0) is 19.0. The Hall–Kier alpha value is -1.38. The minimum Gasteiger partial charge on any atom is -1.00 e. The summed E-state index contributed by atoms with van der Waals surface area (Å²) in [7, 11) is 0. The maximum atomic E-state index is 11.7. The molecule has 0 aliphatic rings. The molecule has 0 saturated carbocycles. The predicted molar refractivity (Wildman–Crippen MR) is 101 cm³/mol. The fraction of sp³-hybridized carbons (Fsp3) is 0.632. The smallest absolute Gasteiger partial charge is 0.338 e. The monoisotopic (exact) mass is 404 g/mol. The molecule has 1 rings (SSSR count). The zero-order valence-corrected chi connectivity index (χ0v) is 17.1. The lowest BCUT2D eigenvalue weighted by Gasteiger charge is -2.15. The standard InChI is InChI=1S/C19H32N2O5.ClH/c1-3-21(4-2)9-10-23-11-12-24-13-14-25-15-16-26-19(22)17-5-7-18(20)8-6-17;/h5-8H,3-4,9-16,20H2,1-2H3;1H. The number of hydrogen-bond donors (Lipinski definition) is 2. The van der Waals surface area contributed by atoms with Crippen LogP contribution in [0.3, 0.4) is 0 Å². The molecule has 0 bridgehead atoms. The molecule has 0 aliphatic heterocycles. The number of carbonyl (C=O) groups excluding carboxylic acids is 1. The van der Waals surface area contributed by atoms with Crippen molar-refractivity contribution in [1.29, 1.82) is 0 Å². The van der Waals surface area contributed by atoms with E-state index in [0.29, 0.717) is 44.3 Å². The van der Waals surface area contributed by atoms with E-state index in [4.69, 9.17) is 24.7 Å². The number of carbonyl (C=O) groups is 1. The van der Waals surface area contributed by atoms with E-state index in [1.54, 1.807) is 24.3 Å². The fourth-order valence-electron chi connectivity index (χ4n) is 2.26. The van der Waals surface area contributed by atoms with Crippen molar-refractivity contribution in [3.05, 3.63) is 29.8 Å². The summed E-state index contributed by atoms with van der Waals surface area (Å²) in [5, 5.41) is 0. The number of hydrogen-bond acceptors (Lipinski definition) is 6. The molecule has 0 spiro atoms. The minimum atomic E-state index is -0.381. The van der Waals surface area contributed by atoms with E-state index in [-0.39, 0.29) is 25.0 Å². The molecule has 0 heterocycles. The van der Waals surface area contributed by atoms with Crippen LogP contribution in [-0.4, -0.2) is 71.9 Å². The number of halogens is 1. The number of benzene rings is 1. The number of nitrogen functional groups attached to an aromatic ring is 1. The first kappa shape index (κ1) is 25.6. The van der Waals surface area contributed by atoms with E-state index in [1.807, 2.05) is 0 Å². The molecule has 7 nitrogen and oxygen atoms in total. The molecule has 0 aliphatic carbocycles. The van der Waals surface area contributed by atoms with Crippen LogP contribution in [0, 0.1) is 0 Å². The molecule has 1 aromatic rings. The van der Waals surface area contributed by atoms with Gasteiger partial charge in [0.25, 0.3) is 0 Å². The van der Waals surface area contributed by atoms with Crippen molar-refractivity contribution in [2.45, 2.75) is 13.8 Å². The summed E-state index contributed by atoms with van der Waals surface area (Å²) in [5.41, 5.74) is 6.66. The van der Waals surface area contributed by atoms with Crippen LogP contribution in [-0.2, 0) is 18.9 Å². The van der Waals surface area contributed by atoms with Crippen LogP contribution in [0.2, 0.25) is 0 Å². The molecule has 0 amide bonds. The third-order valence-corrected chi connectivity index (χ3v) is 3.95. The van der Waals surface area contributed by atoms with E-state index in [1.165, 1.54) is 4.90 Å². The third kappa shape index (κ3) is 12.6. The van der Waals surface area contributed by atoms with Gasteiger partial charge in [0.15, 0.2) is 0 Å². The first-order chi connectivity index (χ1) is 12.7. The highest BCUT2D eigenvalue weighted by Gasteiger charge is 2.06. The molecule has 0 radical (unpaired) electrons. The number of likely N-dealkylation sites (N-methyl/N-ethyl adjacent to an activating group) is 1.